The van der Waals surface area contributed by atoms with Crippen LogP contribution in [0.3, 0.4) is 0 Å². The quantitative estimate of drug-likeness (QED) is 0.655. The van der Waals surface area contributed by atoms with Crippen molar-refractivity contribution in [3.8, 4) is 0 Å². The molecule has 6 heteroatoms. The summed E-state index contributed by atoms with van der Waals surface area (Å²) in [6, 6.07) is 9.33. The Kier molecular flexibility index (Phi) is 4.20. The van der Waals surface area contributed by atoms with E-state index in [9.17, 15) is 9.59 Å². The highest BCUT2D eigenvalue weighted by atomic mass is 16.5. The zero-order chi connectivity index (χ0) is 18.1. The molecule has 4 rings (SSSR count). The van der Waals surface area contributed by atoms with Gasteiger partial charge in [0.2, 0.25) is 5.91 Å². The average Bonchev–Trinajstić information content (AvgIpc) is 2.97. The van der Waals surface area contributed by atoms with Crippen molar-refractivity contribution in [3.63, 3.8) is 0 Å². The molecule has 2 aromatic rings. The molecule has 0 radical (unpaired) electrons. The van der Waals surface area contributed by atoms with E-state index in [1.807, 2.05) is 35.4 Å². The molecule has 2 aliphatic rings. The van der Waals surface area contributed by atoms with E-state index in [-0.39, 0.29) is 11.3 Å². The van der Waals surface area contributed by atoms with E-state index >= 15 is 0 Å². The monoisotopic (exact) mass is 351 g/mol. The van der Waals surface area contributed by atoms with Gasteiger partial charge in [-0.15, -0.1) is 0 Å². The molecule has 2 N–H and O–H groups in total. The maximum Gasteiger partial charge on any atom is 0.274 e. The summed E-state index contributed by atoms with van der Waals surface area (Å²) in [5.41, 5.74) is 5.06. The van der Waals surface area contributed by atoms with Crippen LogP contribution in [-0.4, -0.2) is 33.5 Å². The molecule has 1 aliphatic carbocycles. The van der Waals surface area contributed by atoms with Crippen molar-refractivity contribution in [2.24, 2.45) is 5.41 Å². The second kappa shape index (κ2) is 6.53. The van der Waals surface area contributed by atoms with Gasteiger partial charge in [-0.3, -0.25) is 19.8 Å². The number of hydroxylamine groups is 1. The van der Waals surface area contributed by atoms with Crippen LogP contribution in [0.1, 0.15) is 39.9 Å². The lowest BCUT2D eigenvalue weighted by molar-refractivity contribution is -0.137. The lowest BCUT2D eigenvalue weighted by atomic mass is 9.70. The average molecular weight is 351 g/mol. The lowest BCUT2D eigenvalue weighted by Gasteiger charge is -2.33. The van der Waals surface area contributed by atoms with Gasteiger partial charge in [0.15, 0.2) is 0 Å². The molecule has 6 nitrogen and oxygen atoms in total. The number of nitrogens with one attached hydrogen (secondary N) is 1. The number of carbonyl (C=O) groups is 2. The van der Waals surface area contributed by atoms with Crippen LogP contribution in [0.25, 0.3) is 0 Å². The highest BCUT2D eigenvalue weighted by Gasteiger charge is 2.47. The first-order valence-electron chi connectivity index (χ1n) is 8.86. The van der Waals surface area contributed by atoms with Gasteiger partial charge in [0, 0.05) is 31.0 Å². The van der Waals surface area contributed by atoms with Crippen LogP contribution in [-0.2, 0) is 24.2 Å². The Bertz CT molecular complexity index is 853. The van der Waals surface area contributed by atoms with Crippen molar-refractivity contribution in [2.75, 3.05) is 6.54 Å². The van der Waals surface area contributed by atoms with Crippen LogP contribution < -0.4 is 5.48 Å². The third kappa shape index (κ3) is 2.86. The van der Waals surface area contributed by atoms with Gasteiger partial charge >= 0.3 is 0 Å². The highest BCUT2D eigenvalue weighted by Crippen LogP contribution is 2.44. The van der Waals surface area contributed by atoms with Gasteiger partial charge in [0.1, 0.15) is 0 Å². The molecule has 0 saturated carbocycles. The van der Waals surface area contributed by atoms with Gasteiger partial charge in [-0.1, -0.05) is 12.1 Å². The minimum absolute atomic E-state index is 0.226. The van der Waals surface area contributed by atoms with E-state index in [0.717, 1.165) is 42.5 Å². The Balaban J connectivity index is 1.52. The number of hydrogen-bond acceptors (Lipinski definition) is 4. The van der Waals surface area contributed by atoms with Crippen LogP contribution in [0.2, 0.25) is 0 Å². The van der Waals surface area contributed by atoms with Gasteiger partial charge < -0.3 is 4.90 Å². The van der Waals surface area contributed by atoms with E-state index in [0.29, 0.717) is 18.5 Å². The van der Waals surface area contributed by atoms with E-state index in [2.05, 4.69) is 4.98 Å². The first-order chi connectivity index (χ1) is 12.6. The van der Waals surface area contributed by atoms with Crippen LogP contribution in [0.5, 0.6) is 0 Å². The molecule has 1 unspecified atom stereocenters. The standard InChI is InChI=1S/C20H21N3O3/c24-18(22-26)16-3-4-17-11-20(6-5-15(17)10-16)7-9-23(19(20)25)13-14-2-1-8-21-12-14/h1-4,8,10,12,26H,5-7,9,11,13H2,(H,22,24). The molecule has 1 saturated heterocycles. The number of hydrogen-bond donors (Lipinski definition) is 2. The Labute approximate surface area is 151 Å². The largest absolute Gasteiger partial charge is 0.338 e. The summed E-state index contributed by atoms with van der Waals surface area (Å²) < 4.78 is 0. The smallest absolute Gasteiger partial charge is 0.274 e. The molecule has 0 bridgehead atoms. The van der Waals surface area contributed by atoms with Gasteiger partial charge in [0.25, 0.3) is 5.91 Å². The predicted molar refractivity (Wildman–Crippen MR) is 94.4 cm³/mol. The normalized spacial score (nSPS) is 21.7. The van der Waals surface area contributed by atoms with Crippen molar-refractivity contribution in [1.82, 2.24) is 15.4 Å². The molecular weight excluding hydrogens is 330 g/mol. The Morgan fingerprint density at radius 1 is 1.27 bits per heavy atom. The Morgan fingerprint density at radius 2 is 2.15 bits per heavy atom. The van der Waals surface area contributed by atoms with Crippen molar-refractivity contribution in [2.45, 2.75) is 32.2 Å². The fraction of sp³-hybridized carbons (Fsp3) is 0.350. The number of nitrogens with zero attached hydrogens (tertiary/aromatic N) is 2. The molecule has 1 atom stereocenters. The first kappa shape index (κ1) is 16.7. The molecular formula is C20H21N3O3. The van der Waals surface area contributed by atoms with E-state index in [4.69, 9.17) is 5.21 Å². The van der Waals surface area contributed by atoms with Crippen molar-refractivity contribution < 1.29 is 14.8 Å². The Morgan fingerprint density at radius 3 is 2.92 bits per heavy atom. The third-order valence-electron chi connectivity index (χ3n) is 5.67. The second-order valence-electron chi connectivity index (χ2n) is 7.22. The third-order valence-corrected chi connectivity index (χ3v) is 5.67. The van der Waals surface area contributed by atoms with Crippen LogP contribution >= 0.6 is 0 Å². The maximum absolute atomic E-state index is 13.1. The zero-order valence-corrected chi connectivity index (χ0v) is 14.4. The van der Waals surface area contributed by atoms with Crippen molar-refractivity contribution >= 4 is 11.8 Å². The highest BCUT2D eigenvalue weighted by molar-refractivity contribution is 5.93. The number of aromatic nitrogens is 1. The SMILES string of the molecule is O=C(NO)c1ccc2c(c1)CCC1(CCN(Cc3cccnc3)C1=O)C2. The van der Waals surface area contributed by atoms with Crippen molar-refractivity contribution in [1.29, 1.82) is 0 Å². The fourth-order valence-corrected chi connectivity index (χ4v) is 4.22. The summed E-state index contributed by atoms with van der Waals surface area (Å²) in [6.07, 6.45) is 6.69. The van der Waals surface area contributed by atoms with Crippen LogP contribution in [0.15, 0.2) is 42.7 Å². The fourth-order valence-electron chi connectivity index (χ4n) is 4.22. The second-order valence-corrected chi connectivity index (χ2v) is 7.22. The number of amides is 2. The number of likely N-dealkylation sites (tertiary alicyclic amines) is 1. The summed E-state index contributed by atoms with van der Waals surface area (Å²) in [4.78, 5) is 30.8. The summed E-state index contributed by atoms with van der Waals surface area (Å²) in [7, 11) is 0. The minimum atomic E-state index is -0.507. The summed E-state index contributed by atoms with van der Waals surface area (Å²) in [5, 5.41) is 8.79. The predicted octanol–water partition coefficient (Wildman–Crippen LogP) is 2.11. The number of benzene rings is 1. The van der Waals surface area contributed by atoms with E-state index < -0.39 is 5.91 Å². The molecule has 1 fully saturated rings. The van der Waals surface area contributed by atoms with Gasteiger partial charge in [-0.2, -0.15) is 0 Å². The number of aryl methyl sites for hydroxylation is 1. The molecule has 134 valence electrons. The van der Waals surface area contributed by atoms with Crippen molar-refractivity contribution in [3.05, 3.63) is 65.0 Å². The lowest BCUT2D eigenvalue weighted by Crippen LogP contribution is -2.38. The number of pyridine rings is 1. The van der Waals surface area contributed by atoms with E-state index in [1.165, 1.54) is 0 Å². The van der Waals surface area contributed by atoms with E-state index in [1.54, 1.807) is 17.7 Å². The summed E-state index contributed by atoms with van der Waals surface area (Å²) in [5.74, 6) is -0.281. The maximum atomic E-state index is 13.1. The van der Waals surface area contributed by atoms with Crippen LogP contribution in [0, 0.1) is 5.41 Å². The number of fused-ring (bicyclic) bond motifs is 1. The number of carbonyl (C=O) groups excluding carboxylic acids is 2. The molecule has 1 spiro atoms. The van der Waals surface area contributed by atoms with Gasteiger partial charge in [-0.25, -0.2) is 5.48 Å². The Hall–Kier alpha value is -2.73. The molecule has 1 aliphatic heterocycles. The molecule has 26 heavy (non-hydrogen) atoms. The number of rotatable bonds is 3. The summed E-state index contributed by atoms with van der Waals surface area (Å²) in [6.45, 7) is 1.38. The van der Waals surface area contributed by atoms with Gasteiger partial charge in [-0.05, 0) is 60.6 Å². The topological polar surface area (TPSA) is 82.5 Å². The van der Waals surface area contributed by atoms with Crippen LogP contribution in [0.4, 0.5) is 0 Å². The first-order valence-corrected chi connectivity index (χ1v) is 8.86. The molecule has 1 aromatic carbocycles. The molecule has 2 amide bonds. The zero-order valence-electron chi connectivity index (χ0n) is 14.4. The summed E-state index contributed by atoms with van der Waals surface area (Å²) >= 11 is 0. The molecule has 1 aromatic heterocycles. The minimum Gasteiger partial charge on any atom is -0.338 e. The molecule has 2 heterocycles. The van der Waals surface area contributed by atoms with Gasteiger partial charge in [0.05, 0.1) is 5.41 Å².